The number of esters is 1. The van der Waals surface area contributed by atoms with Gasteiger partial charge in [0.15, 0.2) is 4.32 Å². The van der Waals surface area contributed by atoms with E-state index in [4.69, 9.17) is 17.0 Å². The average Bonchev–Trinajstić information content (AvgIpc) is 3.12. The third kappa shape index (κ3) is 6.32. The topological polar surface area (TPSA) is 75.7 Å². The van der Waals surface area contributed by atoms with Crippen LogP contribution in [0.4, 0.5) is 0 Å². The first kappa shape index (κ1) is 24.1. The fourth-order valence-electron chi connectivity index (χ4n) is 3.10. The molecule has 0 aliphatic carbocycles. The van der Waals surface area contributed by atoms with Crippen molar-refractivity contribution in [2.24, 2.45) is 0 Å². The number of carbonyl (C=O) groups excluding carboxylic acids is 3. The van der Waals surface area contributed by atoms with Crippen molar-refractivity contribution in [2.75, 3.05) is 0 Å². The van der Waals surface area contributed by atoms with E-state index in [1.165, 1.54) is 6.08 Å². The van der Waals surface area contributed by atoms with E-state index in [0.29, 0.717) is 16.2 Å². The van der Waals surface area contributed by atoms with Gasteiger partial charge in [-0.1, -0.05) is 71.9 Å². The van der Waals surface area contributed by atoms with Crippen molar-refractivity contribution < 1.29 is 19.1 Å². The molecule has 1 aliphatic heterocycles. The van der Waals surface area contributed by atoms with Gasteiger partial charge >= 0.3 is 5.97 Å². The minimum absolute atomic E-state index is 0.234. The van der Waals surface area contributed by atoms with Crippen LogP contribution in [0.3, 0.4) is 0 Å². The average molecular weight is 501 g/mol. The molecular weight excluding hydrogens is 480 g/mol. The summed E-state index contributed by atoms with van der Waals surface area (Å²) >= 11 is 6.37. The first-order valence-electron chi connectivity index (χ1n) is 10.6. The smallest absolute Gasteiger partial charge is 0.336 e. The molecule has 3 aromatic rings. The van der Waals surface area contributed by atoms with Gasteiger partial charge < -0.3 is 4.74 Å². The monoisotopic (exact) mass is 500 g/mol. The van der Waals surface area contributed by atoms with E-state index in [2.05, 4.69) is 5.43 Å². The van der Waals surface area contributed by atoms with E-state index >= 15 is 0 Å². The molecule has 2 amide bonds. The van der Waals surface area contributed by atoms with Gasteiger partial charge in [-0.3, -0.25) is 15.0 Å². The standard InChI is InChI=1S/C27H20N2O4S2/c1-18-7-12-21(13-8-18)25(31)28-29-26(32)23(35-27(29)34)17-20-9-14-22(15-10-20)33-24(30)16-11-19-5-3-2-4-6-19/h2-17H,1H3,(H,28,31)/b16-11+,23-17-. The molecule has 1 heterocycles. The highest BCUT2D eigenvalue weighted by atomic mass is 32.2. The Morgan fingerprint density at radius 1 is 0.943 bits per heavy atom. The molecular formula is C27H20N2O4S2. The quantitative estimate of drug-likeness (QED) is 0.218. The summed E-state index contributed by atoms with van der Waals surface area (Å²) in [6.45, 7) is 1.92. The molecule has 6 nitrogen and oxygen atoms in total. The molecule has 0 spiro atoms. The lowest BCUT2D eigenvalue weighted by molar-refractivity contribution is -0.129. The number of nitrogens with one attached hydrogen (secondary N) is 1. The molecule has 1 aliphatic rings. The number of hydrogen-bond acceptors (Lipinski definition) is 6. The van der Waals surface area contributed by atoms with E-state index < -0.39 is 17.8 Å². The van der Waals surface area contributed by atoms with Crippen LogP contribution in [-0.4, -0.2) is 27.1 Å². The predicted octanol–water partition coefficient (Wildman–Crippen LogP) is 5.16. The van der Waals surface area contributed by atoms with Crippen LogP contribution in [0.1, 0.15) is 27.0 Å². The Balaban J connectivity index is 1.37. The molecule has 0 unspecified atom stereocenters. The van der Waals surface area contributed by atoms with E-state index in [1.54, 1.807) is 48.6 Å². The second kappa shape index (κ2) is 10.9. The van der Waals surface area contributed by atoms with Gasteiger partial charge in [0.25, 0.3) is 11.8 Å². The number of thiocarbonyl (C=S) groups is 1. The summed E-state index contributed by atoms with van der Waals surface area (Å²) in [4.78, 5) is 37.7. The van der Waals surface area contributed by atoms with Crippen LogP contribution < -0.4 is 10.2 Å². The summed E-state index contributed by atoms with van der Waals surface area (Å²) in [6, 6.07) is 23.2. The minimum atomic E-state index is -0.494. The maximum atomic E-state index is 12.8. The largest absolute Gasteiger partial charge is 0.423 e. The summed E-state index contributed by atoms with van der Waals surface area (Å²) in [5.41, 5.74) is 5.63. The van der Waals surface area contributed by atoms with E-state index in [9.17, 15) is 14.4 Å². The van der Waals surface area contributed by atoms with Crippen molar-refractivity contribution in [1.29, 1.82) is 0 Å². The maximum Gasteiger partial charge on any atom is 0.336 e. The van der Waals surface area contributed by atoms with Gasteiger partial charge in [-0.25, -0.2) is 4.79 Å². The molecule has 0 atom stereocenters. The Hall–Kier alpha value is -4.01. The lowest BCUT2D eigenvalue weighted by Crippen LogP contribution is -2.44. The zero-order valence-corrected chi connectivity index (χ0v) is 20.3. The molecule has 35 heavy (non-hydrogen) atoms. The van der Waals surface area contributed by atoms with Crippen LogP contribution in [0.5, 0.6) is 5.75 Å². The lowest BCUT2D eigenvalue weighted by Gasteiger charge is -2.15. The van der Waals surface area contributed by atoms with Gasteiger partial charge in [0.05, 0.1) is 4.91 Å². The first-order chi connectivity index (χ1) is 16.9. The number of thioether (sulfide) groups is 1. The van der Waals surface area contributed by atoms with Crippen molar-refractivity contribution in [2.45, 2.75) is 6.92 Å². The third-order valence-corrected chi connectivity index (χ3v) is 6.23. The Morgan fingerprint density at radius 3 is 2.31 bits per heavy atom. The molecule has 1 N–H and O–H groups in total. The Bertz CT molecular complexity index is 1330. The highest BCUT2D eigenvalue weighted by Crippen LogP contribution is 2.31. The predicted molar refractivity (Wildman–Crippen MR) is 141 cm³/mol. The van der Waals surface area contributed by atoms with Crippen LogP contribution in [0.25, 0.3) is 12.2 Å². The van der Waals surface area contributed by atoms with Gasteiger partial charge in [-0.05, 0) is 66.7 Å². The summed E-state index contributed by atoms with van der Waals surface area (Å²) in [5, 5.41) is 1.07. The van der Waals surface area contributed by atoms with Gasteiger partial charge in [-0.2, -0.15) is 5.01 Å². The molecule has 3 aromatic carbocycles. The van der Waals surface area contributed by atoms with Crippen LogP contribution in [0, 0.1) is 6.92 Å². The molecule has 0 bridgehead atoms. The van der Waals surface area contributed by atoms with Crippen LogP contribution >= 0.6 is 24.0 Å². The number of amides is 2. The zero-order chi connectivity index (χ0) is 24.8. The molecule has 0 radical (unpaired) electrons. The molecule has 4 rings (SSSR count). The molecule has 1 fully saturated rings. The number of ether oxygens (including phenoxy) is 1. The van der Waals surface area contributed by atoms with Gasteiger partial charge in [-0.15, -0.1) is 0 Å². The number of aryl methyl sites for hydroxylation is 1. The Morgan fingerprint density at radius 2 is 1.63 bits per heavy atom. The minimum Gasteiger partial charge on any atom is -0.423 e. The maximum absolute atomic E-state index is 12.8. The summed E-state index contributed by atoms with van der Waals surface area (Å²) in [5.74, 6) is -0.952. The van der Waals surface area contributed by atoms with E-state index in [0.717, 1.165) is 33.5 Å². The third-order valence-electron chi connectivity index (χ3n) is 4.93. The zero-order valence-electron chi connectivity index (χ0n) is 18.6. The lowest BCUT2D eigenvalue weighted by atomic mass is 10.1. The summed E-state index contributed by atoms with van der Waals surface area (Å²) < 4.78 is 5.55. The van der Waals surface area contributed by atoms with E-state index in [-0.39, 0.29) is 4.32 Å². The van der Waals surface area contributed by atoms with Crippen molar-refractivity contribution >= 4 is 58.2 Å². The molecule has 1 saturated heterocycles. The summed E-state index contributed by atoms with van der Waals surface area (Å²) in [7, 11) is 0. The fourth-order valence-corrected chi connectivity index (χ4v) is 4.28. The van der Waals surface area contributed by atoms with Crippen molar-refractivity contribution in [3.05, 3.63) is 112 Å². The Kier molecular flexibility index (Phi) is 7.54. The van der Waals surface area contributed by atoms with Crippen molar-refractivity contribution in [3.8, 4) is 5.75 Å². The second-order valence-corrected chi connectivity index (χ2v) is 9.23. The van der Waals surface area contributed by atoms with Crippen LogP contribution in [0.2, 0.25) is 0 Å². The summed E-state index contributed by atoms with van der Waals surface area (Å²) in [6.07, 6.45) is 4.70. The fraction of sp³-hybridized carbons (Fsp3) is 0.0370. The van der Waals surface area contributed by atoms with Crippen molar-refractivity contribution in [3.63, 3.8) is 0 Å². The number of nitrogens with zero attached hydrogens (tertiary/aromatic N) is 1. The molecule has 0 aromatic heterocycles. The highest BCUT2D eigenvalue weighted by Gasteiger charge is 2.33. The second-order valence-electron chi connectivity index (χ2n) is 7.56. The number of hydrogen-bond donors (Lipinski definition) is 1. The molecule has 8 heteroatoms. The SMILES string of the molecule is Cc1ccc(C(=O)NN2C(=O)/C(=C/c3ccc(OC(=O)/C=C/c4ccccc4)cc3)SC2=S)cc1. The number of carbonyl (C=O) groups is 3. The number of hydrazine groups is 1. The van der Waals surface area contributed by atoms with Crippen LogP contribution in [0.15, 0.2) is 89.8 Å². The first-order valence-corrected chi connectivity index (χ1v) is 11.8. The molecule has 174 valence electrons. The highest BCUT2D eigenvalue weighted by molar-refractivity contribution is 8.26. The molecule has 0 saturated carbocycles. The number of benzene rings is 3. The van der Waals surface area contributed by atoms with Gasteiger partial charge in [0.2, 0.25) is 0 Å². The van der Waals surface area contributed by atoms with Gasteiger partial charge in [0, 0.05) is 11.6 Å². The van der Waals surface area contributed by atoms with Gasteiger partial charge in [0.1, 0.15) is 5.75 Å². The van der Waals surface area contributed by atoms with Crippen molar-refractivity contribution in [1.82, 2.24) is 10.4 Å². The Labute approximate surface area is 212 Å². The number of rotatable bonds is 6. The van der Waals surface area contributed by atoms with E-state index in [1.807, 2.05) is 49.4 Å². The normalized spacial score (nSPS) is 14.5. The van der Waals surface area contributed by atoms with Crippen LogP contribution in [-0.2, 0) is 9.59 Å².